The molecule has 5 rings (SSSR count). The van der Waals surface area contributed by atoms with Gasteiger partial charge < -0.3 is 19.9 Å². The molecular weight excluding hydrogens is 435 g/mol. The number of nitrogens with one attached hydrogen (secondary N) is 1. The Balaban J connectivity index is 1.44. The van der Waals surface area contributed by atoms with Gasteiger partial charge in [0.25, 0.3) is 0 Å². The van der Waals surface area contributed by atoms with Crippen LogP contribution < -0.4 is 14.8 Å². The van der Waals surface area contributed by atoms with E-state index in [1.165, 1.54) is 18.2 Å². The Kier molecular flexibility index (Phi) is 5.05. The third-order valence-corrected chi connectivity index (χ3v) is 6.11. The van der Waals surface area contributed by atoms with Gasteiger partial charge in [-0.15, -0.1) is 0 Å². The summed E-state index contributed by atoms with van der Waals surface area (Å²) in [5.74, 6) is 0.801. The quantitative estimate of drug-likeness (QED) is 0.551. The fourth-order valence-corrected chi connectivity index (χ4v) is 4.16. The van der Waals surface area contributed by atoms with E-state index in [1.54, 1.807) is 36.4 Å². The molecule has 1 aliphatic carbocycles. The number of aliphatic hydroxyl groups excluding tert-OH is 1. The molecule has 5 nitrogen and oxygen atoms in total. The standard InChI is InChI=1S/C25H20F3NO4/c26-25(27,28)20-12-18(5-6-19(20)16-3-1-2-15(10-16)13-30)29-23(31)24(8-9-24)17-4-7-21-22(11-17)33-14-32-21/h1-7,10-12,30H,8-9,13-14H2,(H,29,31). The SMILES string of the molecule is O=C(Nc1ccc(-c2cccc(CO)c2)c(C(F)(F)F)c1)C1(c2ccc3c(c2)OCO3)CC1. The molecule has 0 atom stereocenters. The first-order valence-electron chi connectivity index (χ1n) is 10.4. The van der Waals surface area contributed by atoms with Crippen molar-refractivity contribution in [1.82, 2.24) is 0 Å². The smallest absolute Gasteiger partial charge is 0.417 e. The van der Waals surface area contributed by atoms with E-state index < -0.39 is 17.2 Å². The van der Waals surface area contributed by atoms with Gasteiger partial charge in [0.05, 0.1) is 17.6 Å². The summed E-state index contributed by atoms with van der Waals surface area (Å²) in [5.41, 5.74) is -0.00798. The van der Waals surface area contributed by atoms with Crippen LogP contribution in [-0.4, -0.2) is 17.8 Å². The Bertz CT molecular complexity index is 1230. The zero-order valence-electron chi connectivity index (χ0n) is 17.4. The minimum absolute atomic E-state index is 0.0206. The molecule has 1 heterocycles. The molecule has 0 saturated heterocycles. The summed E-state index contributed by atoms with van der Waals surface area (Å²) in [7, 11) is 0. The Morgan fingerprint density at radius 2 is 1.79 bits per heavy atom. The largest absolute Gasteiger partial charge is 0.454 e. The second-order valence-electron chi connectivity index (χ2n) is 8.22. The van der Waals surface area contributed by atoms with Crippen LogP contribution >= 0.6 is 0 Å². The van der Waals surface area contributed by atoms with Crippen LogP contribution in [0.5, 0.6) is 11.5 Å². The van der Waals surface area contributed by atoms with Crippen LogP contribution in [0.25, 0.3) is 11.1 Å². The third kappa shape index (κ3) is 3.91. The molecule has 1 saturated carbocycles. The number of halogens is 3. The van der Waals surface area contributed by atoms with E-state index >= 15 is 0 Å². The van der Waals surface area contributed by atoms with Crippen LogP contribution in [0.1, 0.15) is 29.5 Å². The zero-order chi connectivity index (χ0) is 23.2. The van der Waals surface area contributed by atoms with Gasteiger partial charge in [-0.2, -0.15) is 13.2 Å². The number of anilines is 1. The lowest BCUT2D eigenvalue weighted by atomic mass is 9.94. The van der Waals surface area contributed by atoms with Crippen molar-refractivity contribution in [3.05, 3.63) is 77.4 Å². The number of carbonyl (C=O) groups is 1. The van der Waals surface area contributed by atoms with Crippen molar-refractivity contribution in [3.63, 3.8) is 0 Å². The molecular formula is C25H20F3NO4. The minimum Gasteiger partial charge on any atom is -0.454 e. The summed E-state index contributed by atoms with van der Waals surface area (Å²) in [6, 6.07) is 15.3. The van der Waals surface area contributed by atoms with E-state index in [0.29, 0.717) is 35.5 Å². The van der Waals surface area contributed by atoms with E-state index in [-0.39, 0.29) is 30.6 Å². The Hall–Kier alpha value is -3.52. The van der Waals surface area contributed by atoms with Crippen LogP contribution in [0, 0.1) is 0 Å². The lowest BCUT2D eigenvalue weighted by Gasteiger charge is -2.19. The van der Waals surface area contributed by atoms with Crippen molar-refractivity contribution in [2.45, 2.75) is 31.0 Å². The summed E-state index contributed by atoms with van der Waals surface area (Å²) in [5, 5.41) is 12.0. The topological polar surface area (TPSA) is 67.8 Å². The van der Waals surface area contributed by atoms with Crippen LogP contribution in [0.15, 0.2) is 60.7 Å². The maximum atomic E-state index is 13.9. The fraction of sp³-hybridized carbons (Fsp3) is 0.240. The molecule has 2 N–H and O–H groups in total. The maximum Gasteiger partial charge on any atom is 0.417 e. The summed E-state index contributed by atoms with van der Waals surface area (Å²) < 4.78 is 52.4. The number of benzene rings is 3. The molecule has 0 bridgehead atoms. The molecule has 1 aliphatic heterocycles. The first kappa shape index (κ1) is 21.3. The molecule has 8 heteroatoms. The minimum atomic E-state index is -4.63. The Labute approximate surface area is 187 Å². The molecule has 33 heavy (non-hydrogen) atoms. The van der Waals surface area contributed by atoms with Crippen molar-refractivity contribution in [3.8, 4) is 22.6 Å². The van der Waals surface area contributed by atoms with Gasteiger partial charge in [0.2, 0.25) is 12.7 Å². The number of rotatable bonds is 5. The second kappa shape index (κ2) is 7.81. The van der Waals surface area contributed by atoms with E-state index in [4.69, 9.17) is 9.47 Å². The van der Waals surface area contributed by atoms with Crippen molar-refractivity contribution < 1.29 is 32.5 Å². The van der Waals surface area contributed by atoms with Gasteiger partial charge in [0.1, 0.15) is 0 Å². The first-order chi connectivity index (χ1) is 15.8. The number of hydrogen-bond donors (Lipinski definition) is 2. The lowest BCUT2D eigenvalue weighted by molar-refractivity contribution is -0.137. The van der Waals surface area contributed by atoms with Gasteiger partial charge in [-0.25, -0.2) is 0 Å². The van der Waals surface area contributed by atoms with Crippen LogP contribution in [-0.2, 0) is 23.0 Å². The number of ether oxygens (including phenoxy) is 2. The van der Waals surface area contributed by atoms with Crippen molar-refractivity contribution in [2.24, 2.45) is 0 Å². The van der Waals surface area contributed by atoms with Gasteiger partial charge >= 0.3 is 6.18 Å². The van der Waals surface area contributed by atoms with Gasteiger partial charge in [-0.3, -0.25) is 4.79 Å². The zero-order valence-corrected chi connectivity index (χ0v) is 17.4. The van der Waals surface area contributed by atoms with E-state index in [2.05, 4.69) is 5.32 Å². The van der Waals surface area contributed by atoms with Crippen LogP contribution in [0.3, 0.4) is 0 Å². The monoisotopic (exact) mass is 455 g/mol. The van der Waals surface area contributed by atoms with Crippen molar-refractivity contribution in [2.75, 3.05) is 12.1 Å². The predicted octanol–water partition coefficient (Wildman–Crippen LogP) is 5.26. The second-order valence-corrected chi connectivity index (χ2v) is 8.22. The number of hydrogen-bond acceptors (Lipinski definition) is 4. The van der Waals surface area contributed by atoms with E-state index in [0.717, 1.165) is 11.6 Å². The molecule has 3 aromatic carbocycles. The number of alkyl halides is 3. The molecule has 1 fully saturated rings. The summed E-state index contributed by atoms with van der Waals surface area (Å²) >= 11 is 0. The molecule has 2 aliphatic rings. The molecule has 1 amide bonds. The molecule has 3 aromatic rings. The highest BCUT2D eigenvalue weighted by Crippen LogP contribution is 2.51. The first-order valence-corrected chi connectivity index (χ1v) is 10.4. The fourth-order valence-electron chi connectivity index (χ4n) is 4.16. The average Bonchev–Trinajstić information content (AvgIpc) is 3.49. The Morgan fingerprint density at radius 3 is 2.52 bits per heavy atom. The molecule has 0 radical (unpaired) electrons. The number of aliphatic hydroxyl groups is 1. The van der Waals surface area contributed by atoms with Gasteiger partial charge in [0, 0.05) is 5.69 Å². The van der Waals surface area contributed by atoms with Crippen molar-refractivity contribution >= 4 is 11.6 Å². The predicted molar refractivity (Wildman–Crippen MR) is 115 cm³/mol. The Morgan fingerprint density at radius 1 is 1.00 bits per heavy atom. The number of carbonyl (C=O) groups excluding carboxylic acids is 1. The highest BCUT2D eigenvalue weighted by molar-refractivity contribution is 6.01. The summed E-state index contributed by atoms with van der Waals surface area (Å²) in [6.45, 7) is -0.156. The molecule has 170 valence electrons. The summed E-state index contributed by atoms with van der Waals surface area (Å²) in [4.78, 5) is 13.1. The number of fused-ring (bicyclic) bond motifs is 1. The van der Waals surface area contributed by atoms with Crippen LogP contribution in [0.2, 0.25) is 0 Å². The van der Waals surface area contributed by atoms with Crippen molar-refractivity contribution in [1.29, 1.82) is 0 Å². The third-order valence-electron chi connectivity index (χ3n) is 6.11. The van der Waals surface area contributed by atoms with Gasteiger partial charge in [-0.1, -0.05) is 30.3 Å². The molecule has 0 spiro atoms. The van der Waals surface area contributed by atoms with E-state index in [1.807, 2.05) is 0 Å². The maximum absolute atomic E-state index is 13.9. The lowest BCUT2D eigenvalue weighted by Crippen LogP contribution is -2.28. The van der Waals surface area contributed by atoms with Gasteiger partial charge in [-0.05, 0) is 65.4 Å². The van der Waals surface area contributed by atoms with Crippen LogP contribution in [0.4, 0.5) is 18.9 Å². The highest BCUT2D eigenvalue weighted by atomic mass is 19.4. The average molecular weight is 455 g/mol. The normalized spacial score (nSPS) is 15.9. The molecule has 0 unspecified atom stereocenters. The number of amides is 1. The molecule has 0 aromatic heterocycles. The summed E-state index contributed by atoms with van der Waals surface area (Å²) in [6.07, 6.45) is -3.44. The van der Waals surface area contributed by atoms with E-state index in [9.17, 15) is 23.1 Å². The highest BCUT2D eigenvalue weighted by Gasteiger charge is 2.51. The van der Waals surface area contributed by atoms with Gasteiger partial charge in [0.15, 0.2) is 11.5 Å².